The summed E-state index contributed by atoms with van der Waals surface area (Å²) in [6.45, 7) is 2.19. The third-order valence-electron chi connectivity index (χ3n) is 21.0. The summed E-state index contributed by atoms with van der Waals surface area (Å²) in [5, 5.41) is 136. The number of nitrogens with one attached hydrogen (secondary N) is 2. The molecule has 14 N–H and O–H groups in total. The molecule has 18 unspecified atom stereocenters. The molecule has 0 aromatic heterocycles. The van der Waals surface area contributed by atoms with Gasteiger partial charge in [-0.15, -0.1) is 0 Å². The van der Waals surface area contributed by atoms with Crippen LogP contribution in [-0.2, 0) is 42.8 Å². The Hall–Kier alpha value is -2.53. The molecule has 3 aliphatic heterocycles. The Balaban J connectivity index is 1.49. The van der Waals surface area contributed by atoms with Gasteiger partial charge in [-0.05, 0) is 19.3 Å². The number of hydrogen-bond acceptors (Lipinski definition) is 20. The quantitative estimate of drug-likeness (QED) is 0.0199. The number of unbranched alkanes of at least 4 members (excludes halogenated alkanes) is 45. The van der Waals surface area contributed by atoms with E-state index in [-0.39, 0.29) is 12.3 Å². The van der Waals surface area contributed by atoms with E-state index in [1.807, 2.05) is 6.08 Å². The molecular weight excluding hydrogens is 1310 g/mol. The third kappa shape index (κ3) is 38.5. The average Bonchev–Trinajstić information content (AvgIpc) is 0.755. The lowest BCUT2D eigenvalue weighted by Crippen LogP contribution is -2.70. The van der Waals surface area contributed by atoms with Gasteiger partial charge in [0.05, 0.1) is 50.7 Å². The SMILES string of the molecule is CCCCCCCCCCCCCCCCCC/C=C/C(O)C(COC1OC(CO)C(OC2OC(CO)C(O)C(OC3(C(=O)O)CC(O)C(NC(C)=O)C(C(O)C(O)CO)O3)C2O)C(O)C1O)NC(=O)CCCCCCCCCCCCCCCCCCCCCCCCCCCCCCCC. The summed E-state index contributed by atoms with van der Waals surface area (Å²) in [6.07, 6.45) is 34.0. The monoisotopic (exact) mass is 1460 g/mol. The highest BCUT2D eigenvalue weighted by atomic mass is 16.8. The number of carbonyl (C=O) groups is 3. The van der Waals surface area contributed by atoms with Crippen molar-refractivity contribution in [2.24, 2.45) is 0 Å². The van der Waals surface area contributed by atoms with Gasteiger partial charge in [0.25, 0.3) is 5.79 Å². The van der Waals surface area contributed by atoms with Gasteiger partial charge in [0.15, 0.2) is 12.6 Å². The summed E-state index contributed by atoms with van der Waals surface area (Å²) in [7, 11) is 0. The number of ether oxygens (including phenoxy) is 6. The van der Waals surface area contributed by atoms with E-state index in [9.17, 15) is 75.7 Å². The lowest BCUT2D eigenvalue weighted by atomic mass is 9.88. The summed E-state index contributed by atoms with van der Waals surface area (Å²) >= 11 is 0. The van der Waals surface area contributed by atoms with Gasteiger partial charge >= 0.3 is 5.97 Å². The van der Waals surface area contributed by atoms with Crippen LogP contribution in [-0.4, -0.2) is 215 Å². The lowest BCUT2D eigenvalue weighted by molar-refractivity contribution is -0.386. The Morgan fingerprint density at radius 3 is 1.30 bits per heavy atom. The van der Waals surface area contributed by atoms with Crippen LogP contribution < -0.4 is 10.6 Å². The molecule has 102 heavy (non-hydrogen) atoms. The number of carboxylic acid groups (broad SMARTS) is 1. The zero-order valence-electron chi connectivity index (χ0n) is 63.5. The molecule has 23 heteroatoms. The van der Waals surface area contributed by atoms with Crippen molar-refractivity contribution in [1.29, 1.82) is 0 Å². The predicted octanol–water partition coefficient (Wildman–Crippen LogP) is 11.0. The van der Waals surface area contributed by atoms with Crippen LogP contribution in [0.4, 0.5) is 0 Å². The van der Waals surface area contributed by atoms with Gasteiger partial charge < -0.3 is 100 Å². The molecule has 600 valence electrons. The van der Waals surface area contributed by atoms with E-state index in [0.717, 1.165) is 51.9 Å². The van der Waals surface area contributed by atoms with Crippen LogP contribution in [0.3, 0.4) is 0 Å². The predicted molar refractivity (Wildman–Crippen MR) is 394 cm³/mol. The molecule has 0 aliphatic carbocycles. The van der Waals surface area contributed by atoms with E-state index in [1.54, 1.807) is 6.08 Å². The van der Waals surface area contributed by atoms with Gasteiger partial charge in [0.2, 0.25) is 11.8 Å². The van der Waals surface area contributed by atoms with Crippen molar-refractivity contribution in [2.75, 3.05) is 26.4 Å². The molecule has 0 radical (unpaired) electrons. The van der Waals surface area contributed by atoms with E-state index in [4.69, 9.17) is 28.4 Å². The van der Waals surface area contributed by atoms with Crippen molar-refractivity contribution < 1.29 is 104 Å². The highest BCUT2D eigenvalue weighted by Gasteiger charge is 2.60. The Morgan fingerprint density at radius 2 is 0.912 bits per heavy atom. The zero-order valence-corrected chi connectivity index (χ0v) is 63.5. The summed E-state index contributed by atoms with van der Waals surface area (Å²) in [4.78, 5) is 38.7. The second kappa shape index (κ2) is 58.5. The fraction of sp³-hybridized carbons (Fsp3) is 0.937. The number of hydrogen-bond donors (Lipinski definition) is 14. The number of rotatable bonds is 65. The number of aliphatic hydroxyl groups excluding tert-OH is 11. The van der Waals surface area contributed by atoms with Crippen molar-refractivity contribution >= 4 is 17.8 Å². The maximum atomic E-state index is 13.5. The average molecular weight is 1460 g/mol. The first-order valence-electron chi connectivity index (χ1n) is 41.1. The molecule has 0 spiro atoms. The van der Waals surface area contributed by atoms with Crippen LogP contribution in [0.2, 0.25) is 0 Å². The minimum Gasteiger partial charge on any atom is -0.477 e. The van der Waals surface area contributed by atoms with Crippen molar-refractivity contribution in [2.45, 2.75) is 445 Å². The second-order valence-electron chi connectivity index (χ2n) is 30.0. The van der Waals surface area contributed by atoms with Crippen LogP contribution in [0, 0.1) is 0 Å². The van der Waals surface area contributed by atoms with E-state index in [2.05, 4.69) is 24.5 Å². The Labute approximate surface area is 613 Å². The molecular formula is C79H148N2O21. The highest BCUT2D eigenvalue weighted by Crippen LogP contribution is 2.39. The summed E-state index contributed by atoms with van der Waals surface area (Å²) in [5.74, 6) is -6.13. The van der Waals surface area contributed by atoms with Crippen molar-refractivity contribution in [1.82, 2.24) is 10.6 Å². The Kier molecular flexibility index (Phi) is 53.7. The molecule has 3 rings (SSSR count). The first-order valence-corrected chi connectivity index (χ1v) is 41.1. The first kappa shape index (κ1) is 93.7. The molecule has 0 bridgehead atoms. The van der Waals surface area contributed by atoms with Crippen LogP contribution in [0.25, 0.3) is 0 Å². The second-order valence-corrected chi connectivity index (χ2v) is 30.0. The Morgan fingerprint density at radius 1 is 0.510 bits per heavy atom. The van der Waals surface area contributed by atoms with Gasteiger partial charge in [0.1, 0.15) is 67.1 Å². The minimum atomic E-state index is -3.08. The van der Waals surface area contributed by atoms with E-state index in [0.29, 0.717) is 12.8 Å². The molecule has 18 atom stereocenters. The lowest BCUT2D eigenvalue weighted by Gasteiger charge is -2.50. The number of aliphatic carboxylic acids is 1. The van der Waals surface area contributed by atoms with Crippen molar-refractivity contribution in [3.63, 3.8) is 0 Å². The fourth-order valence-corrected chi connectivity index (χ4v) is 14.5. The number of aliphatic hydroxyl groups is 11. The van der Waals surface area contributed by atoms with Gasteiger partial charge in [0, 0.05) is 19.8 Å². The number of carboxylic acids is 1. The van der Waals surface area contributed by atoms with Gasteiger partial charge in [-0.1, -0.05) is 309 Å². The standard InChI is InChI=1S/C79H148N2O21/c1-4-6-8-10-12-14-16-18-20-22-24-25-26-27-28-29-30-31-32-33-34-35-37-39-41-43-45-47-49-51-53-66(89)81-60(61(86)52-50-48-46-44-42-40-38-36-23-21-19-17-15-13-11-9-7-5-2)58-97-76-71(93)70(92)73(65(57-84)99-76)100-77-72(94)75(69(91)64(56-83)98-77)102-79(78(95)96)54-62(87)67(80-59(3)85)74(101-79)68(90)63(88)55-82/h50,52,60-65,67-77,82-84,86-88,90-94H,4-49,51,53-58H2,1-3H3,(H,80,85)(H,81,89)(H,95,96)/b52-50+. The topological polar surface area (TPSA) is 373 Å². The van der Waals surface area contributed by atoms with Crippen molar-refractivity contribution in [3.05, 3.63) is 12.2 Å². The molecule has 0 saturated carbocycles. The molecule has 0 aromatic carbocycles. The van der Waals surface area contributed by atoms with Gasteiger partial charge in [-0.25, -0.2) is 4.79 Å². The summed E-state index contributed by atoms with van der Waals surface area (Å²) < 4.78 is 34.9. The van der Waals surface area contributed by atoms with Crippen LogP contribution in [0.5, 0.6) is 0 Å². The fourth-order valence-electron chi connectivity index (χ4n) is 14.5. The van der Waals surface area contributed by atoms with Gasteiger partial charge in [-0.3, -0.25) is 9.59 Å². The molecule has 2 amide bonds. The number of allylic oxidation sites excluding steroid dienone is 1. The van der Waals surface area contributed by atoms with Crippen LogP contribution >= 0.6 is 0 Å². The van der Waals surface area contributed by atoms with E-state index in [1.165, 1.54) is 244 Å². The number of carbonyl (C=O) groups excluding carboxylic acids is 2. The summed E-state index contributed by atoms with van der Waals surface area (Å²) in [6, 6.07) is -2.62. The smallest absolute Gasteiger partial charge is 0.364 e. The maximum Gasteiger partial charge on any atom is 0.364 e. The first-order chi connectivity index (χ1) is 49.4. The normalized spacial score (nSPS) is 26.7. The molecule has 3 aliphatic rings. The zero-order chi connectivity index (χ0) is 74.6. The minimum absolute atomic E-state index is 0.206. The van der Waals surface area contributed by atoms with E-state index < -0.39 is 155 Å². The third-order valence-corrected chi connectivity index (χ3v) is 21.0. The van der Waals surface area contributed by atoms with Gasteiger partial charge in [-0.2, -0.15) is 0 Å². The number of amides is 2. The van der Waals surface area contributed by atoms with Crippen LogP contribution in [0.1, 0.15) is 335 Å². The Bertz CT molecular complexity index is 2080. The molecule has 23 nitrogen and oxygen atoms in total. The summed E-state index contributed by atoms with van der Waals surface area (Å²) in [5.41, 5.74) is 0. The van der Waals surface area contributed by atoms with Crippen LogP contribution in [0.15, 0.2) is 12.2 Å². The molecule has 0 aromatic rings. The largest absolute Gasteiger partial charge is 0.477 e. The molecule has 3 heterocycles. The van der Waals surface area contributed by atoms with Crippen molar-refractivity contribution in [3.8, 4) is 0 Å². The molecule has 3 fully saturated rings. The van der Waals surface area contributed by atoms with E-state index >= 15 is 0 Å². The molecule has 3 saturated heterocycles. The highest BCUT2D eigenvalue weighted by molar-refractivity contribution is 5.77. The maximum absolute atomic E-state index is 13.5.